The number of halogens is 2. The van der Waals surface area contributed by atoms with Crippen molar-refractivity contribution in [2.24, 2.45) is 0 Å². The Morgan fingerprint density at radius 3 is 2.52 bits per heavy atom. The van der Waals surface area contributed by atoms with Crippen molar-refractivity contribution in [3.63, 3.8) is 0 Å². The van der Waals surface area contributed by atoms with Gasteiger partial charge >= 0.3 is 0 Å². The first kappa shape index (κ1) is 19.0. The lowest BCUT2D eigenvalue weighted by Crippen LogP contribution is -2.20. The van der Waals surface area contributed by atoms with Crippen LogP contribution in [0.25, 0.3) is 5.69 Å². The molecule has 3 aromatic rings. The highest BCUT2D eigenvalue weighted by molar-refractivity contribution is 6.43. The molecule has 0 saturated heterocycles. The lowest BCUT2D eigenvalue weighted by atomic mass is 10.1. The minimum atomic E-state index is -0.397. The highest BCUT2D eigenvalue weighted by Gasteiger charge is 2.18. The Morgan fingerprint density at radius 2 is 1.81 bits per heavy atom. The molecule has 0 fully saturated rings. The standard InChI is InChI=1S/C20H17Cl2N3O2/c1-12(23-16-10-6-9-15(21)19(16)22)11-17(26)18-13(2)24-25(20(18)27)14-7-4-3-5-8-14/h3-11,23-24H,1-2H3/b12-11-. The smallest absolute Gasteiger partial charge is 0.282 e. The molecule has 0 atom stereocenters. The van der Waals surface area contributed by atoms with E-state index >= 15 is 0 Å². The zero-order chi connectivity index (χ0) is 19.6. The highest BCUT2D eigenvalue weighted by atomic mass is 35.5. The molecular formula is C20H17Cl2N3O2. The molecule has 3 rings (SSSR count). The van der Waals surface area contributed by atoms with Gasteiger partial charge in [0.15, 0.2) is 5.78 Å². The number of aryl methyl sites for hydroxylation is 1. The van der Waals surface area contributed by atoms with Crippen molar-refractivity contribution in [2.45, 2.75) is 13.8 Å². The molecule has 5 nitrogen and oxygen atoms in total. The van der Waals surface area contributed by atoms with Crippen molar-refractivity contribution >= 4 is 34.7 Å². The fourth-order valence-corrected chi connectivity index (χ4v) is 3.06. The average Bonchev–Trinajstić information content (AvgIpc) is 2.94. The van der Waals surface area contributed by atoms with E-state index in [0.717, 1.165) is 0 Å². The minimum Gasteiger partial charge on any atom is -0.358 e. The summed E-state index contributed by atoms with van der Waals surface area (Å²) in [5.41, 5.74) is 1.98. The minimum absolute atomic E-state index is 0.0946. The summed E-state index contributed by atoms with van der Waals surface area (Å²) in [6.45, 7) is 3.41. The number of para-hydroxylation sites is 1. The van der Waals surface area contributed by atoms with Gasteiger partial charge in [0, 0.05) is 17.5 Å². The van der Waals surface area contributed by atoms with E-state index < -0.39 is 11.3 Å². The molecule has 0 spiro atoms. The number of hydrogen-bond acceptors (Lipinski definition) is 3. The van der Waals surface area contributed by atoms with Crippen molar-refractivity contribution in [3.05, 3.63) is 92.0 Å². The second-order valence-electron chi connectivity index (χ2n) is 6.01. The number of carbonyl (C=O) groups excluding carboxylic acids is 1. The van der Waals surface area contributed by atoms with E-state index in [-0.39, 0.29) is 5.56 Å². The number of H-pyrrole nitrogens is 1. The summed E-state index contributed by atoms with van der Waals surface area (Å²) in [6, 6.07) is 14.2. The van der Waals surface area contributed by atoms with E-state index in [1.54, 1.807) is 44.2 Å². The van der Waals surface area contributed by atoms with Crippen LogP contribution in [0.4, 0.5) is 5.69 Å². The summed E-state index contributed by atoms with van der Waals surface area (Å²) >= 11 is 12.1. The number of ketones is 1. The topological polar surface area (TPSA) is 66.9 Å². The summed E-state index contributed by atoms with van der Waals surface area (Å²) in [6.07, 6.45) is 1.37. The maximum Gasteiger partial charge on any atom is 0.282 e. The van der Waals surface area contributed by atoms with E-state index in [1.807, 2.05) is 18.2 Å². The molecule has 2 aromatic carbocycles. The van der Waals surface area contributed by atoms with Gasteiger partial charge < -0.3 is 5.32 Å². The van der Waals surface area contributed by atoms with Gasteiger partial charge in [0.25, 0.3) is 5.56 Å². The quantitative estimate of drug-likeness (QED) is 0.467. The fourth-order valence-electron chi connectivity index (χ4n) is 2.71. The van der Waals surface area contributed by atoms with Crippen LogP contribution >= 0.6 is 23.2 Å². The highest BCUT2D eigenvalue weighted by Crippen LogP contribution is 2.30. The van der Waals surface area contributed by atoms with Crippen LogP contribution in [0.1, 0.15) is 23.0 Å². The molecule has 27 heavy (non-hydrogen) atoms. The number of rotatable bonds is 5. The number of hydrogen-bond donors (Lipinski definition) is 2. The van der Waals surface area contributed by atoms with Crippen LogP contribution in [0, 0.1) is 6.92 Å². The van der Waals surface area contributed by atoms with Gasteiger partial charge in [-0.15, -0.1) is 0 Å². The third kappa shape index (κ3) is 3.99. The summed E-state index contributed by atoms with van der Waals surface area (Å²) < 4.78 is 1.35. The van der Waals surface area contributed by atoms with Crippen LogP contribution in [-0.2, 0) is 0 Å². The molecule has 138 valence electrons. The predicted molar refractivity (Wildman–Crippen MR) is 109 cm³/mol. The van der Waals surface area contributed by atoms with Crippen molar-refractivity contribution in [1.29, 1.82) is 0 Å². The summed E-state index contributed by atoms with van der Waals surface area (Å²) in [7, 11) is 0. The molecule has 2 N–H and O–H groups in total. The first-order valence-corrected chi connectivity index (χ1v) is 8.95. The van der Waals surface area contributed by atoms with Gasteiger partial charge in [0.05, 0.1) is 21.4 Å². The number of carbonyl (C=O) groups is 1. The summed E-state index contributed by atoms with van der Waals surface area (Å²) in [4.78, 5) is 25.4. The lowest BCUT2D eigenvalue weighted by Gasteiger charge is -2.09. The van der Waals surface area contributed by atoms with Crippen LogP contribution < -0.4 is 10.9 Å². The number of aromatic nitrogens is 2. The SMILES string of the molecule is C/C(=C/C(=O)c1c(C)[nH]n(-c2ccccc2)c1=O)Nc1cccc(Cl)c1Cl. The third-order valence-corrected chi connectivity index (χ3v) is 4.78. The fraction of sp³-hybridized carbons (Fsp3) is 0.100. The molecule has 0 radical (unpaired) electrons. The Hall–Kier alpha value is -2.76. The molecule has 0 aliphatic rings. The molecular weight excluding hydrogens is 385 g/mol. The molecule has 0 amide bonds. The van der Waals surface area contributed by atoms with Crippen molar-refractivity contribution in [1.82, 2.24) is 9.78 Å². The number of nitrogens with zero attached hydrogens (tertiary/aromatic N) is 1. The maximum atomic E-state index is 12.7. The summed E-state index contributed by atoms with van der Waals surface area (Å²) in [5.74, 6) is -0.397. The Labute approximate surface area is 166 Å². The molecule has 0 aliphatic carbocycles. The molecule has 0 saturated carbocycles. The zero-order valence-corrected chi connectivity index (χ0v) is 16.2. The lowest BCUT2D eigenvalue weighted by molar-refractivity contribution is 0.104. The zero-order valence-electron chi connectivity index (χ0n) is 14.7. The molecule has 7 heteroatoms. The number of anilines is 1. The number of aromatic amines is 1. The van der Waals surface area contributed by atoms with Gasteiger partial charge in [0.2, 0.25) is 0 Å². The third-order valence-electron chi connectivity index (χ3n) is 3.96. The molecule has 0 unspecified atom stereocenters. The van der Waals surface area contributed by atoms with Crippen LogP contribution in [0.5, 0.6) is 0 Å². The van der Waals surface area contributed by atoms with E-state index in [4.69, 9.17) is 23.2 Å². The maximum absolute atomic E-state index is 12.7. The molecule has 1 heterocycles. The second-order valence-corrected chi connectivity index (χ2v) is 6.79. The van der Waals surface area contributed by atoms with Gasteiger partial charge in [-0.2, -0.15) is 0 Å². The molecule has 0 aliphatic heterocycles. The Bertz CT molecular complexity index is 1080. The van der Waals surface area contributed by atoms with Gasteiger partial charge in [0.1, 0.15) is 5.56 Å². The van der Waals surface area contributed by atoms with Gasteiger partial charge in [-0.1, -0.05) is 47.5 Å². The van der Waals surface area contributed by atoms with E-state index in [1.165, 1.54) is 10.8 Å². The first-order valence-electron chi connectivity index (χ1n) is 8.19. The average molecular weight is 402 g/mol. The molecule has 1 aromatic heterocycles. The number of benzene rings is 2. The van der Waals surface area contributed by atoms with E-state index in [2.05, 4.69) is 10.4 Å². The largest absolute Gasteiger partial charge is 0.358 e. The Morgan fingerprint density at radius 1 is 1.11 bits per heavy atom. The summed E-state index contributed by atoms with van der Waals surface area (Å²) in [5, 5.41) is 6.75. The van der Waals surface area contributed by atoms with Gasteiger partial charge in [-0.25, -0.2) is 4.68 Å². The van der Waals surface area contributed by atoms with E-state index in [9.17, 15) is 9.59 Å². The monoisotopic (exact) mass is 401 g/mol. The van der Waals surface area contributed by atoms with Crippen LogP contribution in [-0.4, -0.2) is 15.6 Å². The number of allylic oxidation sites excluding steroid dienone is 2. The second kappa shape index (κ2) is 7.86. The Kier molecular flexibility index (Phi) is 5.54. The Balaban J connectivity index is 1.90. The predicted octanol–water partition coefficient (Wildman–Crippen LogP) is 4.98. The number of nitrogens with one attached hydrogen (secondary N) is 2. The normalized spacial score (nSPS) is 11.5. The van der Waals surface area contributed by atoms with Crippen molar-refractivity contribution in [2.75, 3.05) is 5.32 Å². The van der Waals surface area contributed by atoms with Crippen LogP contribution in [0.2, 0.25) is 10.0 Å². The van der Waals surface area contributed by atoms with Gasteiger partial charge in [-0.05, 0) is 38.1 Å². The molecule has 0 bridgehead atoms. The first-order chi connectivity index (χ1) is 12.9. The van der Waals surface area contributed by atoms with E-state index in [0.29, 0.717) is 32.8 Å². The van der Waals surface area contributed by atoms with Gasteiger partial charge in [-0.3, -0.25) is 14.7 Å². The van der Waals surface area contributed by atoms with Crippen LogP contribution in [0.15, 0.2) is 65.1 Å². The van der Waals surface area contributed by atoms with Crippen molar-refractivity contribution in [3.8, 4) is 5.69 Å². The van der Waals surface area contributed by atoms with Crippen LogP contribution in [0.3, 0.4) is 0 Å². The van der Waals surface area contributed by atoms with Crippen molar-refractivity contribution < 1.29 is 4.79 Å².